The number of sulfonamides is 1. The first-order chi connectivity index (χ1) is 14.9. The number of aryl methyl sites for hydroxylation is 1. The maximum atomic E-state index is 13.5. The van der Waals surface area contributed by atoms with Crippen LogP contribution in [-0.4, -0.2) is 40.1 Å². The fraction of sp³-hybridized carbons (Fsp3) is 0.182. The molecule has 0 unspecified atom stereocenters. The number of anilines is 2. The van der Waals surface area contributed by atoms with Gasteiger partial charge in [0.2, 0.25) is 5.91 Å². The van der Waals surface area contributed by atoms with Crippen LogP contribution in [0.25, 0.3) is 0 Å². The van der Waals surface area contributed by atoms with Crippen LogP contribution < -0.4 is 19.1 Å². The minimum absolute atomic E-state index is 0.0489. The molecule has 0 bridgehead atoms. The van der Waals surface area contributed by atoms with Crippen molar-refractivity contribution >= 4 is 27.3 Å². The van der Waals surface area contributed by atoms with E-state index in [1.807, 2.05) is 0 Å². The number of hydrogen-bond donors (Lipinski definition) is 1. The summed E-state index contributed by atoms with van der Waals surface area (Å²) >= 11 is 0. The standard InChI is InChI=1S/C22H23N3O5S/c1-16-14-23-12-11-19(16)24-22(26)15-25(31(27,28)18-7-5-4-6-8-18)20-13-17(29-2)9-10-21(20)30-3/h4-14H,15H2,1-3H3,(H,23,24,26). The van der Waals surface area contributed by atoms with Gasteiger partial charge in [0.25, 0.3) is 10.0 Å². The number of ether oxygens (including phenoxy) is 2. The number of pyridine rings is 1. The maximum absolute atomic E-state index is 13.5. The predicted molar refractivity (Wildman–Crippen MR) is 118 cm³/mol. The molecule has 0 fully saturated rings. The number of benzene rings is 2. The van der Waals surface area contributed by atoms with Gasteiger partial charge in [-0.05, 0) is 42.8 Å². The summed E-state index contributed by atoms with van der Waals surface area (Å²) < 4.78 is 38.6. The van der Waals surface area contributed by atoms with Crippen LogP contribution >= 0.6 is 0 Å². The van der Waals surface area contributed by atoms with E-state index in [9.17, 15) is 13.2 Å². The number of nitrogens with zero attached hydrogens (tertiary/aromatic N) is 2. The summed E-state index contributed by atoms with van der Waals surface area (Å²) in [6.07, 6.45) is 3.16. The summed E-state index contributed by atoms with van der Waals surface area (Å²) in [6, 6.07) is 14.3. The molecule has 1 heterocycles. The smallest absolute Gasteiger partial charge is 0.264 e. The molecule has 1 aromatic heterocycles. The third-order valence-electron chi connectivity index (χ3n) is 4.57. The molecule has 9 heteroatoms. The minimum atomic E-state index is -4.08. The molecule has 0 aliphatic carbocycles. The molecule has 3 aromatic rings. The van der Waals surface area contributed by atoms with Crippen LogP contribution in [0.5, 0.6) is 11.5 Å². The molecule has 0 spiro atoms. The lowest BCUT2D eigenvalue weighted by atomic mass is 10.2. The summed E-state index contributed by atoms with van der Waals surface area (Å²) in [5, 5.41) is 2.74. The van der Waals surface area contributed by atoms with Crippen molar-refractivity contribution in [3.05, 3.63) is 72.6 Å². The van der Waals surface area contributed by atoms with Crippen LogP contribution in [0.1, 0.15) is 5.56 Å². The molecule has 1 N–H and O–H groups in total. The molecule has 0 saturated heterocycles. The van der Waals surface area contributed by atoms with Crippen molar-refractivity contribution in [1.29, 1.82) is 0 Å². The lowest BCUT2D eigenvalue weighted by Crippen LogP contribution is -2.38. The average molecular weight is 442 g/mol. The third-order valence-corrected chi connectivity index (χ3v) is 6.34. The average Bonchev–Trinajstić information content (AvgIpc) is 2.79. The second-order valence-corrected chi connectivity index (χ2v) is 8.46. The Morgan fingerprint density at radius 2 is 1.81 bits per heavy atom. The summed E-state index contributed by atoms with van der Waals surface area (Å²) in [4.78, 5) is 16.9. The van der Waals surface area contributed by atoms with Crippen molar-refractivity contribution in [1.82, 2.24) is 4.98 Å². The monoisotopic (exact) mass is 441 g/mol. The Hall–Kier alpha value is -3.59. The van der Waals surface area contributed by atoms with Crippen molar-refractivity contribution in [2.24, 2.45) is 0 Å². The number of amides is 1. The first kappa shape index (κ1) is 22.1. The van der Waals surface area contributed by atoms with E-state index in [2.05, 4.69) is 10.3 Å². The van der Waals surface area contributed by atoms with Gasteiger partial charge in [0, 0.05) is 24.1 Å². The predicted octanol–water partition coefficient (Wildman–Crippen LogP) is 3.24. The Balaban J connectivity index is 2.05. The highest BCUT2D eigenvalue weighted by atomic mass is 32.2. The highest BCUT2D eigenvalue weighted by Gasteiger charge is 2.30. The third kappa shape index (κ3) is 4.95. The van der Waals surface area contributed by atoms with Crippen LogP contribution in [0.15, 0.2) is 71.9 Å². The van der Waals surface area contributed by atoms with Gasteiger partial charge in [0.05, 0.1) is 24.8 Å². The van der Waals surface area contributed by atoms with Crippen molar-refractivity contribution in [2.75, 3.05) is 30.4 Å². The van der Waals surface area contributed by atoms with Gasteiger partial charge < -0.3 is 14.8 Å². The lowest BCUT2D eigenvalue weighted by Gasteiger charge is -2.26. The molecule has 0 aliphatic heterocycles. The van der Waals surface area contributed by atoms with E-state index in [0.29, 0.717) is 11.4 Å². The van der Waals surface area contributed by atoms with Gasteiger partial charge in [-0.2, -0.15) is 0 Å². The van der Waals surface area contributed by atoms with Crippen LogP contribution in [0.2, 0.25) is 0 Å². The number of carbonyl (C=O) groups is 1. The molecule has 0 aliphatic rings. The Morgan fingerprint density at radius 3 is 2.45 bits per heavy atom. The van der Waals surface area contributed by atoms with Crippen molar-refractivity contribution < 1.29 is 22.7 Å². The number of carbonyl (C=O) groups excluding carboxylic acids is 1. The van der Waals surface area contributed by atoms with Gasteiger partial charge in [-0.1, -0.05) is 18.2 Å². The van der Waals surface area contributed by atoms with E-state index < -0.39 is 22.5 Å². The van der Waals surface area contributed by atoms with E-state index >= 15 is 0 Å². The summed E-state index contributed by atoms with van der Waals surface area (Å²) in [6.45, 7) is 1.33. The Kier molecular flexibility index (Phi) is 6.76. The van der Waals surface area contributed by atoms with Crippen LogP contribution in [0.3, 0.4) is 0 Å². The van der Waals surface area contributed by atoms with Gasteiger partial charge in [-0.3, -0.25) is 14.1 Å². The maximum Gasteiger partial charge on any atom is 0.264 e. The quantitative estimate of drug-likeness (QED) is 0.576. The topological polar surface area (TPSA) is 97.8 Å². The molecular formula is C22H23N3O5S. The van der Waals surface area contributed by atoms with Crippen LogP contribution in [0, 0.1) is 6.92 Å². The zero-order valence-electron chi connectivity index (χ0n) is 17.4. The first-order valence-electron chi connectivity index (χ1n) is 9.37. The molecule has 31 heavy (non-hydrogen) atoms. The fourth-order valence-electron chi connectivity index (χ4n) is 2.94. The molecule has 1 amide bonds. The first-order valence-corrected chi connectivity index (χ1v) is 10.8. The highest BCUT2D eigenvalue weighted by molar-refractivity contribution is 7.92. The molecule has 3 rings (SSSR count). The zero-order valence-corrected chi connectivity index (χ0v) is 18.2. The highest BCUT2D eigenvalue weighted by Crippen LogP contribution is 2.35. The Labute approximate surface area is 181 Å². The van der Waals surface area contributed by atoms with Gasteiger partial charge in [0.15, 0.2) is 0 Å². The van der Waals surface area contributed by atoms with Crippen molar-refractivity contribution in [3.63, 3.8) is 0 Å². The molecule has 0 atom stereocenters. The summed E-state index contributed by atoms with van der Waals surface area (Å²) in [5.41, 5.74) is 1.49. The summed E-state index contributed by atoms with van der Waals surface area (Å²) in [7, 11) is -1.18. The molecular weight excluding hydrogens is 418 g/mol. The van der Waals surface area contributed by atoms with Crippen LogP contribution in [0.4, 0.5) is 11.4 Å². The number of rotatable bonds is 8. The van der Waals surface area contributed by atoms with Crippen molar-refractivity contribution in [2.45, 2.75) is 11.8 Å². The normalized spacial score (nSPS) is 10.9. The van der Waals surface area contributed by atoms with E-state index in [-0.39, 0.29) is 16.3 Å². The minimum Gasteiger partial charge on any atom is -0.497 e. The van der Waals surface area contributed by atoms with Gasteiger partial charge in [-0.15, -0.1) is 0 Å². The Morgan fingerprint density at radius 1 is 1.06 bits per heavy atom. The van der Waals surface area contributed by atoms with Gasteiger partial charge >= 0.3 is 0 Å². The number of hydrogen-bond acceptors (Lipinski definition) is 6. The van der Waals surface area contributed by atoms with Crippen LogP contribution in [-0.2, 0) is 14.8 Å². The Bertz CT molecular complexity index is 1170. The summed E-state index contributed by atoms with van der Waals surface area (Å²) in [5.74, 6) is 0.196. The number of methoxy groups -OCH3 is 2. The molecule has 0 radical (unpaired) electrons. The fourth-order valence-corrected chi connectivity index (χ4v) is 4.39. The van der Waals surface area contributed by atoms with E-state index in [1.54, 1.807) is 55.7 Å². The molecule has 2 aromatic carbocycles. The van der Waals surface area contributed by atoms with E-state index in [4.69, 9.17) is 9.47 Å². The molecule has 8 nitrogen and oxygen atoms in total. The van der Waals surface area contributed by atoms with E-state index in [0.717, 1.165) is 9.87 Å². The zero-order chi connectivity index (χ0) is 22.4. The number of nitrogens with one attached hydrogen (secondary N) is 1. The lowest BCUT2D eigenvalue weighted by molar-refractivity contribution is -0.114. The van der Waals surface area contributed by atoms with E-state index in [1.165, 1.54) is 32.4 Å². The molecule has 0 saturated carbocycles. The SMILES string of the molecule is COc1ccc(OC)c(N(CC(=O)Nc2ccncc2C)S(=O)(=O)c2ccccc2)c1. The number of aromatic nitrogens is 1. The second kappa shape index (κ2) is 9.48. The van der Waals surface area contributed by atoms with Gasteiger partial charge in [0.1, 0.15) is 18.0 Å². The van der Waals surface area contributed by atoms with Crippen molar-refractivity contribution in [3.8, 4) is 11.5 Å². The largest absolute Gasteiger partial charge is 0.497 e. The van der Waals surface area contributed by atoms with Gasteiger partial charge in [-0.25, -0.2) is 8.42 Å². The second-order valence-electron chi connectivity index (χ2n) is 6.60. The molecule has 162 valence electrons.